The number of hydrogen-bond donors (Lipinski definition) is 2. The molecule has 0 radical (unpaired) electrons. The standard InChI is InChI=1S/C23H24ClF2N5O.C2H6/c1-4-6-17(27-3)31-12-23(2,15-7-5-8-16(24)19(15)25)18-14(22(31)32)11-29-21(20(18)26)30-13-9-28-10-13;1-2/h4-8,11,13,28H,9-10,12H2,1-3H3,(H,29,30);1-2H3/b6-4-,27-17?;/t23-;/m1./s1. The van der Waals surface area contributed by atoms with Crippen molar-refractivity contribution >= 4 is 29.2 Å². The molecule has 0 aliphatic carbocycles. The van der Waals surface area contributed by atoms with Crippen molar-refractivity contribution in [2.75, 3.05) is 32.0 Å². The Balaban J connectivity index is 0.00000158. The summed E-state index contributed by atoms with van der Waals surface area (Å²) in [5, 5.41) is 6.10. The Labute approximate surface area is 204 Å². The minimum Gasteiger partial charge on any atom is -0.362 e. The van der Waals surface area contributed by atoms with Gasteiger partial charge in [-0.25, -0.2) is 13.8 Å². The van der Waals surface area contributed by atoms with Crippen LogP contribution < -0.4 is 10.6 Å². The molecule has 0 spiro atoms. The number of nitrogens with one attached hydrogen (secondary N) is 2. The number of anilines is 1. The van der Waals surface area contributed by atoms with E-state index in [2.05, 4.69) is 20.6 Å². The highest BCUT2D eigenvalue weighted by atomic mass is 35.5. The number of allylic oxidation sites excluding steroid dienone is 1. The highest BCUT2D eigenvalue weighted by Crippen LogP contribution is 2.44. The van der Waals surface area contributed by atoms with Crippen molar-refractivity contribution in [3.05, 3.63) is 69.9 Å². The summed E-state index contributed by atoms with van der Waals surface area (Å²) in [5.74, 6) is -1.32. The lowest BCUT2D eigenvalue weighted by atomic mass is 9.71. The highest BCUT2D eigenvalue weighted by Gasteiger charge is 2.46. The van der Waals surface area contributed by atoms with Crippen molar-refractivity contribution in [2.45, 2.75) is 39.2 Å². The maximum absolute atomic E-state index is 15.9. The molecule has 1 fully saturated rings. The van der Waals surface area contributed by atoms with Crippen LogP contribution in [-0.4, -0.2) is 54.4 Å². The van der Waals surface area contributed by atoms with E-state index in [9.17, 15) is 4.79 Å². The molecule has 2 aromatic rings. The molecule has 1 amide bonds. The Kier molecular flexibility index (Phi) is 8.05. The Morgan fingerprint density at radius 1 is 1.32 bits per heavy atom. The third-order valence-corrected chi connectivity index (χ3v) is 6.30. The number of fused-ring (bicyclic) bond motifs is 1. The quantitative estimate of drug-likeness (QED) is 0.478. The topological polar surface area (TPSA) is 69.6 Å². The van der Waals surface area contributed by atoms with Gasteiger partial charge in [-0.15, -0.1) is 0 Å². The monoisotopic (exact) mass is 489 g/mol. The Hall–Kier alpha value is -2.84. The molecule has 0 unspecified atom stereocenters. The first-order chi connectivity index (χ1) is 16.3. The summed E-state index contributed by atoms with van der Waals surface area (Å²) in [4.78, 5) is 23.2. The van der Waals surface area contributed by atoms with Gasteiger partial charge in [0.2, 0.25) is 0 Å². The van der Waals surface area contributed by atoms with E-state index in [-0.39, 0.29) is 40.1 Å². The number of carbonyl (C=O) groups excluding carboxylic acids is 1. The number of nitrogens with zero attached hydrogens (tertiary/aromatic N) is 3. The SMILES string of the molecule is C/C=C\C(=NC)N1C[C@](C)(c2cccc(Cl)c2F)c2c(cnc(NC3CNC3)c2F)C1=O.CC. The lowest BCUT2D eigenvalue weighted by Gasteiger charge is -2.42. The molecule has 3 heterocycles. The average Bonchev–Trinajstić information content (AvgIpc) is 2.81. The van der Waals surface area contributed by atoms with Gasteiger partial charge in [-0.05, 0) is 26.0 Å². The minimum absolute atomic E-state index is 0.0154. The molecule has 0 bridgehead atoms. The molecule has 34 heavy (non-hydrogen) atoms. The number of amides is 1. The van der Waals surface area contributed by atoms with E-state index in [1.54, 1.807) is 45.2 Å². The van der Waals surface area contributed by atoms with Crippen LogP contribution in [0.15, 0.2) is 41.5 Å². The molecule has 1 atom stereocenters. The summed E-state index contributed by atoms with van der Waals surface area (Å²) >= 11 is 6.08. The summed E-state index contributed by atoms with van der Waals surface area (Å²) in [5.41, 5.74) is -0.878. The second kappa shape index (κ2) is 10.6. The van der Waals surface area contributed by atoms with Crippen LogP contribution in [0, 0.1) is 11.6 Å². The molecule has 2 aliphatic rings. The zero-order valence-corrected chi connectivity index (χ0v) is 20.8. The number of hydrogen-bond acceptors (Lipinski definition) is 5. The molecule has 0 saturated carbocycles. The molecule has 182 valence electrons. The molecule has 1 saturated heterocycles. The third kappa shape index (κ3) is 4.44. The fourth-order valence-electron chi connectivity index (χ4n) is 4.25. The van der Waals surface area contributed by atoms with Crippen LogP contribution in [0.4, 0.5) is 14.6 Å². The summed E-state index contributed by atoms with van der Waals surface area (Å²) in [6.07, 6.45) is 4.78. The van der Waals surface area contributed by atoms with Crippen molar-refractivity contribution in [2.24, 2.45) is 4.99 Å². The zero-order valence-electron chi connectivity index (χ0n) is 20.0. The van der Waals surface area contributed by atoms with Gasteiger partial charge in [-0.2, -0.15) is 0 Å². The number of benzene rings is 1. The van der Waals surface area contributed by atoms with Gasteiger partial charge >= 0.3 is 0 Å². The molecule has 1 aromatic carbocycles. The maximum Gasteiger partial charge on any atom is 0.261 e. The van der Waals surface area contributed by atoms with Gasteiger partial charge in [0.05, 0.1) is 16.6 Å². The predicted molar refractivity (Wildman–Crippen MR) is 133 cm³/mol. The van der Waals surface area contributed by atoms with E-state index in [0.29, 0.717) is 18.9 Å². The van der Waals surface area contributed by atoms with E-state index in [0.717, 1.165) is 0 Å². The molecule has 2 N–H and O–H groups in total. The van der Waals surface area contributed by atoms with Crippen LogP contribution in [0.3, 0.4) is 0 Å². The Morgan fingerprint density at radius 2 is 2.03 bits per heavy atom. The Bertz CT molecular complexity index is 1130. The fraction of sp³-hybridized carbons (Fsp3) is 0.400. The first kappa shape index (κ1) is 25.8. The number of halogens is 3. The second-order valence-electron chi connectivity index (χ2n) is 8.12. The first-order valence-corrected chi connectivity index (χ1v) is 11.7. The van der Waals surface area contributed by atoms with Gasteiger partial charge in [-0.1, -0.05) is 43.7 Å². The van der Waals surface area contributed by atoms with Crippen molar-refractivity contribution in [3.63, 3.8) is 0 Å². The van der Waals surface area contributed by atoms with Crippen molar-refractivity contribution < 1.29 is 13.6 Å². The van der Waals surface area contributed by atoms with Crippen LogP contribution in [0.2, 0.25) is 5.02 Å². The normalized spacial score (nSPS) is 20.5. The first-order valence-electron chi connectivity index (χ1n) is 11.3. The molecule has 4 rings (SSSR count). The number of carbonyl (C=O) groups is 1. The minimum atomic E-state index is -1.24. The molecular weight excluding hydrogens is 460 g/mol. The average molecular weight is 490 g/mol. The van der Waals surface area contributed by atoms with E-state index < -0.39 is 23.0 Å². The lowest BCUT2D eigenvalue weighted by molar-refractivity contribution is 0.0804. The Morgan fingerprint density at radius 3 is 2.62 bits per heavy atom. The van der Waals surface area contributed by atoms with Gasteiger partial charge in [0.1, 0.15) is 11.7 Å². The van der Waals surface area contributed by atoms with Gasteiger partial charge < -0.3 is 10.6 Å². The second-order valence-corrected chi connectivity index (χ2v) is 8.52. The van der Waals surface area contributed by atoms with Crippen LogP contribution in [-0.2, 0) is 5.41 Å². The number of pyridine rings is 1. The molecule has 1 aromatic heterocycles. The predicted octanol–water partition coefficient (Wildman–Crippen LogP) is 4.79. The number of aliphatic imine (C=N–C) groups is 1. The van der Waals surface area contributed by atoms with Crippen LogP contribution in [0.5, 0.6) is 0 Å². The fourth-order valence-corrected chi connectivity index (χ4v) is 4.43. The lowest BCUT2D eigenvalue weighted by Crippen LogP contribution is -2.53. The number of aromatic nitrogens is 1. The van der Waals surface area contributed by atoms with Gasteiger partial charge in [-0.3, -0.25) is 14.7 Å². The summed E-state index contributed by atoms with van der Waals surface area (Å²) in [7, 11) is 1.56. The van der Waals surface area contributed by atoms with Crippen molar-refractivity contribution in [1.29, 1.82) is 0 Å². The van der Waals surface area contributed by atoms with Gasteiger partial charge in [0.15, 0.2) is 11.6 Å². The largest absolute Gasteiger partial charge is 0.362 e. The number of amidine groups is 1. The molecule has 6 nitrogen and oxygen atoms in total. The summed E-state index contributed by atoms with van der Waals surface area (Å²) < 4.78 is 31.1. The smallest absolute Gasteiger partial charge is 0.261 e. The van der Waals surface area contributed by atoms with Crippen LogP contribution in [0.1, 0.15) is 49.2 Å². The van der Waals surface area contributed by atoms with Gasteiger partial charge in [0.25, 0.3) is 5.91 Å². The van der Waals surface area contributed by atoms with E-state index in [4.69, 9.17) is 11.6 Å². The van der Waals surface area contributed by atoms with E-state index in [1.165, 1.54) is 17.2 Å². The van der Waals surface area contributed by atoms with Crippen LogP contribution >= 0.6 is 11.6 Å². The maximum atomic E-state index is 15.9. The highest BCUT2D eigenvalue weighted by molar-refractivity contribution is 6.30. The van der Waals surface area contributed by atoms with E-state index in [1.807, 2.05) is 13.8 Å². The van der Waals surface area contributed by atoms with E-state index >= 15 is 8.78 Å². The zero-order chi connectivity index (χ0) is 25.0. The molecule has 9 heteroatoms. The summed E-state index contributed by atoms with van der Waals surface area (Å²) in [6, 6.07) is 4.66. The third-order valence-electron chi connectivity index (χ3n) is 6.01. The molecular formula is C25H30ClF2N5O. The summed E-state index contributed by atoms with van der Waals surface area (Å²) in [6.45, 7) is 8.87. The van der Waals surface area contributed by atoms with Gasteiger partial charge in [0, 0.05) is 49.4 Å². The number of rotatable bonds is 4. The van der Waals surface area contributed by atoms with Crippen LogP contribution in [0.25, 0.3) is 0 Å². The van der Waals surface area contributed by atoms with Crippen molar-refractivity contribution in [1.82, 2.24) is 15.2 Å². The molecule has 2 aliphatic heterocycles. The van der Waals surface area contributed by atoms with Crippen molar-refractivity contribution in [3.8, 4) is 0 Å².